The molecule has 3 rings (SSSR count). The van der Waals surface area contributed by atoms with E-state index in [1.807, 2.05) is 24.3 Å². The van der Waals surface area contributed by atoms with E-state index >= 15 is 0 Å². The van der Waals surface area contributed by atoms with Gasteiger partial charge in [-0.1, -0.05) is 24.3 Å². The standard InChI is InChI=1S/C27H36N4O6S/c1-27(2,3)37-26(35)30-20(24(33)36-18-8-4-5-9-18)10-6-7-16-11-13-17(14-12-16)21-15-19(22(28)32)23(38-21)31-25(29)34/h11-15,18,20H,4-10H2,1-3H3,(H2,28,32)(H,30,35)(H3,29,31,34). The predicted octanol–water partition coefficient (Wildman–Crippen LogP) is 4.71. The van der Waals surface area contributed by atoms with Crippen LogP contribution < -0.4 is 22.1 Å². The summed E-state index contributed by atoms with van der Waals surface area (Å²) in [5.74, 6) is -1.09. The molecule has 1 aliphatic carbocycles. The number of urea groups is 1. The van der Waals surface area contributed by atoms with E-state index in [2.05, 4.69) is 10.6 Å². The zero-order chi connectivity index (χ0) is 27.9. The zero-order valence-corrected chi connectivity index (χ0v) is 22.8. The van der Waals surface area contributed by atoms with Gasteiger partial charge in [0.25, 0.3) is 5.91 Å². The van der Waals surface area contributed by atoms with Crippen molar-refractivity contribution in [2.45, 2.75) is 83.5 Å². The highest BCUT2D eigenvalue weighted by atomic mass is 32.1. The number of amides is 4. The number of esters is 1. The quantitative estimate of drug-likeness (QED) is 0.317. The van der Waals surface area contributed by atoms with Gasteiger partial charge in [-0.05, 0) is 82.9 Å². The summed E-state index contributed by atoms with van der Waals surface area (Å²) in [6.07, 6.45) is 4.75. The van der Waals surface area contributed by atoms with Gasteiger partial charge < -0.3 is 26.3 Å². The van der Waals surface area contributed by atoms with Gasteiger partial charge in [0.2, 0.25) is 0 Å². The highest BCUT2D eigenvalue weighted by Gasteiger charge is 2.28. The van der Waals surface area contributed by atoms with E-state index in [-0.39, 0.29) is 11.7 Å². The molecule has 11 heteroatoms. The van der Waals surface area contributed by atoms with Gasteiger partial charge in [-0.2, -0.15) is 0 Å². The van der Waals surface area contributed by atoms with Crippen LogP contribution in [0.2, 0.25) is 0 Å². The van der Waals surface area contributed by atoms with Crippen LogP contribution >= 0.6 is 11.3 Å². The van der Waals surface area contributed by atoms with Gasteiger partial charge in [0.05, 0.1) is 5.56 Å². The molecular formula is C27H36N4O6S. The van der Waals surface area contributed by atoms with Crippen molar-refractivity contribution in [2.24, 2.45) is 11.5 Å². The zero-order valence-electron chi connectivity index (χ0n) is 22.0. The highest BCUT2D eigenvalue weighted by Crippen LogP contribution is 2.35. The Balaban J connectivity index is 1.62. The Morgan fingerprint density at radius 3 is 2.32 bits per heavy atom. The number of carbonyl (C=O) groups excluding carboxylic acids is 4. The van der Waals surface area contributed by atoms with E-state index in [9.17, 15) is 19.2 Å². The number of rotatable bonds is 10. The minimum absolute atomic E-state index is 0.0935. The lowest BCUT2D eigenvalue weighted by molar-refractivity contribution is -0.151. The average Bonchev–Trinajstić information content (AvgIpc) is 3.47. The fourth-order valence-electron chi connectivity index (χ4n) is 4.22. The summed E-state index contributed by atoms with van der Waals surface area (Å²) < 4.78 is 11.0. The monoisotopic (exact) mass is 544 g/mol. The second kappa shape index (κ2) is 12.8. The summed E-state index contributed by atoms with van der Waals surface area (Å²) >= 11 is 1.21. The molecule has 0 aliphatic heterocycles. The number of ether oxygens (including phenoxy) is 2. The molecule has 0 spiro atoms. The van der Waals surface area contributed by atoms with Crippen molar-refractivity contribution in [1.82, 2.24) is 5.32 Å². The fraction of sp³-hybridized carbons (Fsp3) is 0.481. The van der Waals surface area contributed by atoms with Gasteiger partial charge >= 0.3 is 18.1 Å². The Kier molecular flexibility index (Phi) is 9.73. The maximum Gasteiger partial charge on any atom is 0.408 e. The van der Waals surface area contributed by atoms with Crippen LogP contribution in [0.1, 0.15) is 75.2 Å². The summed E-state index contributed by atoms with van der Waals surface area (Å²) in [6.45, 7) is 5.30. The molecule has 2 aromatic rings. The Labute approximate surface area is 226 Å². The van der Waals surface area contributed by atoms with Crippen LogP contribution in [0.15, 0.2) is 30.3 Å². The molecule has 1 atom stereocenters. The van der Waals surface area contributed by atoms with Gasteiger partial charge in [-0.25, -0.2) is 14.4 Å². The molecule has 4 amide bonds. The summed E-state index contributed by atoms with van der Waals surface area (Å²) in [4.78, 5) is 48.9. The van der Waals surface area contributed by atoms with Crippen molar-refractivity contribution in [3.8, 4) is 10.4 Å². The largest absolute Gasteiger partial charge is 0.461 e. The van der Waals surface area contributed by atoms with Crippen LogP contribution in [0.5, 0.6) is 0 Å². The second-order valence-electron chi connectivity index (χ2n) is 10.3. The van der Waals surface area contributed by atoms with Crippen LogP contribution in [0.25, 0.3) is 10.4 Å². The second-order valence-corrected chi connectivity index (χ2v) is 11.4. The SMILES string of the molecule is CC(C)(C)OC(=O)NC(CCCc1ccc(-c2cc(C(N)=O)c(NC(N)=O)s2)cc1)C(=O)OC1CCCC1. The number of hydrogen-bond acceptors (Lipinski definition) is 7. The number of thiophene rings is 1. The fourth-order valence-corrected chi connectivity index (χ4v) is 5.29. The first-order valence-corrected chi connectivity index (χ1v) is 13.5. The highest BCUT2D eigenvalue weighted by molar-refractivity contribution is 7.20. The van der Waals surface area contributed by atoms with Crippen LogP contribution in [0, 0.1) is 0 Å². The molecule has 0 radical (unpaired) electrons. The Bertz CT molecular complexity index is 1150. The van der Waals surface area contributed by atoms with Crippen LogP contribution in [-0.4, -0.2) is 41.7 Å². The smallest absolute Gasteiger partial charge is 0.408 e. The van der Waals surface area contributed by atoms with Crippen LogP contribution in [0.4, 0.5) is 14.6 Å². The topological polar surface area (TPSA) is 163 Å². The molecule has 38 heavy (non-hydrogen) atoms. The maximum atomic E-state index is 12.8. The molecule has 0 saturated heterocycles. The van der Waals surface area contributed by atoms with Crippen LogP contribution in [-0.2, 0) is 20.7 Å². The van der Waals surface area contributed by atoms with Crippen molar-refractivity contribution in [2.75, 3.05) is 5.32 Å². The molecule has 206 valence electrons. The summed E-state index contributed by atoms with van der Waals surface area (Å²) in [5, 5.41) is 5.42. The van der Waals surface area contributed by atoms with Gasteiger partial charge in [-0.15, -0.1) is 11.3 Å². The molecule has 1 heterocycles. The third-order valence-corrected chi connectivity index (χ3v) is 7.09. The summed E-state index contributed by atoms with van der Waals surface area (Å²) in [7, 11) is 0. The van der Waals surface area contributed by atoms with Gasteiger partial charge in [0.1, 0.15) is 22.7 Å². The number of primary amides is 2. The number of nitrogens with two attached hydrogens (primary N) is 2. The Hall–Kier alpha value is -3.60. The molecule has 1 fully saturated rings. The maximum absolute atomic E-state index is 12.8. The normalized spacial score (nSPS) is 14.5. The Morgan fingerprint density at radius 1 is 1.08 bits per heavy atom. The number of aryl methyl sites for hydroxylation is 1. The first-order chi connectivity index (χ1) is 17.9. The van der Waals surface area contributed by atoms with Crippen molar-refractivity contribution in [1.29, 1.82) is 0 Å². The summed E-state index contributed by atoms with van der Waals surface area (Å²) in [6, 6.07) is 7.77. The average molecular weight is 545 g/mol. The number of nitrogens with one attached hydrogen (secondary N) is 2. The molecule has 6 N–H and O–H groups in total. The number of anilines is 1. The van der Waals surface area contributed by atoms with Gasteiger partial charge in [0, 0.05) is 4.88 Å². The van der Waals surface area contributed by atoms with Crippen molar-refractivity contribution >= 4 is 40.3 Å². The third kappa shape index (κ3) is 8.76. The van der Waals surface area contributed by atoms with Crippen LogP contribution in [0.3, 0.4) is 0 Å². The first kappa shape index (κ1) is 29.0. The van der Waals surface area contributed by atoms with Crippen molar-refractivity contribution in [3.05, 3.63) is 41.5 Å². The summed E-state index contributed by atoms with van der Waals surface area (Å²) in [5.41, 5.74) is 12.0. The molecule has 10 nitrogen and oxygen atoms in total. The third-order valence-electron chi connectivity index (χ3n) is 5.99. The number of hydrogen-bond donors (Lipinski definition) is 4. The molecule has 1 aliphatic rings. The number of alkyl carbamates (subject to hydrolysis) is 1. The van der Waals surface area contributed by atoms with Gasteiger partial charge in [0.15, 0.2) is 0 Å². The van der Waals surface area contributed by atoms with Crippen molar-refractivity contribution in [3.63, 3.8) is 0 Å². The predicted molar refractivity (Wildman–Crippen MR) is 146 cm³/mol. The molecule has 1 unspecified atom stereocenters. The molecule has 1 saturated carbocycles. The molecular weight excluding hydrogens is 508 g/mol. The Morgan fingerprint density at radius 2 is 1.74 bits per heavy atom. The van der Waals surface area contributed by atoms with E-state index in [0.29, 0.717) is 24.3 Å². The lowest BCUT2D eigenvalue weighted by Crippen LogP contribution is -2.45. The molecule has 1 aromatic carbocycles. The van der Waals surface area contributed by atoms with E-state index < -0.39 is 35.6 Å². The lowest BCUT2D eigenvalue weighted by Gasteiger charge is -2.24. The number of carbonyl (C=O) groups is 4. The molecule has 0 bridgehead atoms. The van der Waals surface area contributed by atoms with E-state index in [1.54, 1.807) is 26.8 Å². The van der Waals surface area contributed by atoms with E-state index in [4.69, 9.17) is 20.9 Å². The molecule has 1 aromatic heterocycles. The number of benzene rings is 1. The van der Waals surface area contributed by atoms with E-state index in [0.717, 1.165) is 41.7 Å². The van der Waals surface area contributed by atoms with Gasteiger partial charge in [-0.3, -0.25) is 10.1 Å². The van der Waals surface area contributed by atoms with Crippen molar-refractivity contribution < 1.29 is 28.7 Å². The minimum atomic E-state index is -0.792. The lowest BCUT2D eigenvalue weighted by atomic mass is 10.0. The minimum Gasteiger partial charge on any atom is -0.461 e. The first-order valence-electron chi connectivity index (χ1n) is 12.7. The van der Waals surface area contributed by atoms with E-state index in [1.165, 1.54) is 11.3 Å².